The monoisotopic (exact) mass is 595 g/mol. The summed E-state index contributed by atoms with van der Waals surface area (Å²) in [5.74, 6) is -0.630. The van der Waals surface area contributed by atoms with Crippen LogP contribution in [-0.4, -0.2) is 92.9 Å². The molecule has 2 atom stereocenters. The highest BCUT2D eigenvalue weighted by Gasteiger charge is 2.46. The van der Waals surface area contributed by atoms with Crippen molar-refractivity contribution in [1.29, 1.82) is 0 Å². The predicted molar refractivity (Wildman–Crippen MR) is 168 cm³/mol. The molecule has 0 radical (unpaired) electrons. The molecule has 1 heterocycles. The molecule has 2 N–H and O–H groups in total. The summed E-state index contributed by atoms with van der Waals surface area (Å²) in [6, 6.07) is 9.91. The van der Waals surface area contributed by atoms with Gasteiger partial charge in [0.15, 0.2) is 14.1 Å². The van der Waals surface area contributed by atoms with Gasteiger partial charge in [0, 0.05) is 55.4 Å². The molecule has 12 heteroatoms. The first-order valence-electron chi connectivity index (χ1n) is 14.5. The molecule has 0 aliphatic carbocycles. The number of carbonyl (C=O) groups excluding carboxylic acids is 3. The van der Waals surface area contributed by atoms with Crippen molar-refractivity contribution in [2.24, 2.45) is 0 Å². The average molecular weight is 595 g/mol. The van der Waals surface area contributed by atoms with Crippen molar-refractivity contribution >= 4 is 34.2 Å². The van der Waals surface area contributed by atoms with Gasteiger partial charge in [0.05, 0.1) is 16.6 Å². The quantitative estimate of drug-likeness (QED) is 0.203. The second-order valence-electron chi connectivity index (χ2n) is 12.9. The van der Waals surface area contributed by atoms with E-state index in [1.807, 2.05) is 27.7 Å². The van der Waals surface area contributed by atoms with Crippen LogP contribution in [0.2, 0.25) is 0 Å². The fourth-order valence-corrected chi connectivity index (χ4v) is 6.28. The molecule has 1 aliphatic rings. The van der Waals surface area contributed by atoms with Crippen LogP contribution < -0.4 is 10.1 Å². The Morgan fingerprint density at radius 3 is 2.33 bits per heavy atom. The van der Waals surface area contributed by atoms with Crippen molar-refractivity contribution in [1.82, 2.24) is 15.1 Å². The van der Waals surface area contributed by atoms with Gasteiger partial charge in [-0.2, -0.15) is 0 Å². The van der Waals surface area contributed by atoms with E-state index in [1.165, 1.54) is 25.9 Å². The zero-order valence-electron chi connectivity index (χ0n) is 26.6. The summed E-state index contributed by atoms with van der Waals surface area (Å²) >= 11 is 0. The lowest BCUT2D eigenvalue weighted by atomic mass is 9.67. The Kier molecular flexibility index (Phi) is 10.7. The molecular weight excluding hydrogens is 551 g/mol. The number of aldehydes is 2. The van der Waals surface area contributed by atoms with Crippen LogP contribution in [0.1, 0.15) is 67.6 Å². The minimum Gasteiger partial charge on any atom is -0.488 e. The molecule has 1 amide bonds. The molecule has 43 heavy (non-hydrogen) atoms. The third kappa shape index (κ3) is 7.73. The van der Waals surface area contributed by atoms with Crippen molar-refractivity contribution in [2.45, 2.75) is 76.0 Å². The Balaban J connectivity index is 1.92. The Labute approximate surface area is 255 Å². The van der Waals surface area contributed by atoms with Crippen LogP contribution in [0.5, 0.6) is 5.75 Å². The van der Waals surface area contributed by atoms with Crippen LogP contribution >= 0.6 is 0 Å². The van der Waals surface area contributed by atoms with Gasteiger partial charge in [0.1, 0.15) is 37.9 Å². The summed E-state index contributed by atoms with van der Waals surface area (Å²) in [5.41, 5.74) is -2.82. The molecule has 1 saturated heterocycles. The molecule has 0 spiro atoms. The molecule has 2 aromatic rings. The van der Waals surface area contributed by atoms with Gasteiger partial charge in [-0.1, -0.05) is 30.3 Å². The number of halogens is 1. The van der Waals surface area contributed by atoms with Gasteiger partial charge in [-0.15, -0.1) is 0 Å². The molecule has 9 nitrogen and oxygen atoms in total. The summed E-state index contributed by atoms with van der Waals surface area (Å²) in [4.78, 5) is 39.9. The van der Waals surface area contributed by atoms with Crippen molar-refractivity contribution in [3.8, 4) is 5.75 Å². The van der Waals surface area contributed by atoms with Gasteiger partial charge in [-0.3, -0.25) is 19.4 Å². The zero-order chi connectivity index (χ0) is 32.2. The summed E-state index contributed by atoms with van der Waals surface area (Å²) in [5, 5.41) is 14.5. The van der Waals surface area contributed by atoms with Gasteiger partial charge in [0.25, 0.3) is 0 Å². The maximum Gasteiger partial charge on any atom is 0.231 e. The first-order chi connectivity index (χ1) is 20.0. The van der Waals surface area contributed by atoms with E-state index in [0.29, 0.717) is 43.3 Å². The number of rotatable bonds is 13. The van der Waals surface area contributed by atoms with Crippen LogP contribution in [0.4, 0.5) is 4.39 Å². The maximum absolute atomic E-state index is 15.8. The molecule has 0 bridgehead atoms. The molecule has 232 valence electrons. The van der Waals surface area contributed by atoms with Crippen molar-refractivity contribution in [3.05, 3.63) is 64.5 Å². The van der Waals surface area contributed by atoms with E-state index in [4.69, 9.17) is 9.47 Å². The second-order valence-corrected chi connectivity index (χ2v) is 12.9. The molecule has 1 fully saturated rings. The number of aliphatic hydroxyl groups is 1. The minimum absolute atomic E-state index is 0.0814. The van der Waals surface area contributed by atoms with E-state index < -0.39 is 17.0 Å². The third-order valence-electron chi connectivity index (χ3n) is 8.21. The largest absolute Gasteiger partial charge is 0.488 e. The first kappa shape index (κ1) is 34.4. The van der Waals surface area contributed by atoms with Crippen LogP contribution in [0, 0.1) is 5.82 Å². The average Bonchev–Trinajstić information content (AvgIpc) is 2.93. The lowest BCUT2D eigenvalue weighted by Crippen LogP contribution is -2.64. The maximum atomic E-state index is 15.8. The number of nitrogens with one attached hydrogen (secondary N) is 1. The highest BCUT2D eigenvalue weighted by atomic mass is 19.1. The van der Waals surface area contributed by atoms with Gasteiger partial charge >= 0.3 is 0 Å². The highest BCUT2D eigenvalue weighted by Crippen LogP contribution is 2.37. The molecule has 3 rings (SSSR count). The lowest BCUT2D eigenvalue weighted by molar-refractivity contribution is -0.182. The Morgan fingerprint density at radius 1 is 1.14 bits per heavy atom. The predicted octanol–water partition coefficient (Wildman–Crippen LogP) is 1.33. The van der Waals surface area contributed by atoms with Crippen LogP contribution in [0.15, 0.2) is 36.4 Å². The van der Waals surface area contributed by atoms with E-state index in [1.54, 1.807) is 45.2 Å². The number of hydrogen-bond donors (Lipinski definition) is 2. The van der Waals surface area contributed by atoms with E-state index >= 15 is 4.39 Å². The molecule has 2 aromatic carbocycles. The van der Waals surface area contributed by atoms with Crippen LogP contribution in [-0.2, 0) is 33.1 Å². The SMILES string of the molecule is BC(CCC=O)(C(=O)NC)N(C)C(B)(O)c1c(C=O)cccc1OCc1cccc(CN2CC(C)(C)OC(C)(C)C2)c1F. The fourth-order valence-electron chi connectivity index (χ4n) is 6.28. The zero-order valence-corrected chi connectivity index (χ0v) is 26.6. The van der Waals surface area contributed by atoms with Crippen LogP contribution in [0.3, 0.4) is 0 Å². The minimum atomic E-state index is -1.90. The van der Waals surface area contributed by atoms with Crippen LogP contribution in [0.25, 0.3) is 0 Å². The number of morpholine rings is 1. The van der Waals surface area contributed by atoms with Crippen molar-refractivity contribution < 1.29 is 33.4 Å². The molecule has 1 aliphatic heterocycles. The standard InChI is InChI=1S/C31H44B2FN3O6/c1-28(2)19-37(20-29(3,4)43-28)16-21-10-7-12-23(26(21)34)18-42-24-13-8-11-22(17-39)25(24)31(33,41)36(6)30(32,14-9-15-38)27(40)35-5/h7-8,10-13,15,17,41H,9,14,16,18-20,32-33H2,1-6H3,(H,35,40). The first-order valence-corrected chi connectivity index (χ1v) is 14.5. The molecule has 0 saturated carbocycles. The van der Waals surface area contributed by atoms with Crippen molar-refractivity contribution in [2.75, 3.05) is 27.2 Å². The van der Waals surface area contributed by atoms with Gasteiger partial charge in [0.2, 0.25) is 5.91 Å². The molecule has 2 unspecified atom stereocenters. The number of amides is 1. The number of likely N-dealkylation sites (N-methyl/N-ethyl adjacent to an activating group) is 2. The normalized spacial score (nSPS) is 19.2. The number of ether oxygens (including phenoxy) is 2. The Bertz CT molecular complexity index is 1320. The summed E-state index contributed by atoms with van der Waals surface area (Å²) < 4.78 is 28.1. The molecule has 0 aromatic heterocycles. The lowest BCUT2D eigenvalue weighted by Gasteiger charge is -2.47. The summed E-state index contributed by atoms with van der Waals surface area (Å²) in [6.45, 7) is 9.66. The number of benzene rings is 2. The highest BCUT2D eigenvalue weighted by molar-refractivity contribution is 6.29. The van der Waals surface area contributed by atoms with E-state index in [2.05, 4.69) is 10.2 Å². The number of hydrogen-bond acceptors (Lipinski definition) is 8. The third-order valence-corrected chi connectivity index (χ3v) is 8.21. The number of nitrogens with zero attached hydrogens (tertiary/aromatic N) is 2. The van der Waals surface area contributed by atoms with E-state index in [-0.39, 0.29) is 53.3 Å². The number of carbonyl (C=O) groups is 3. The molecular formula is C31H44B2FN3O6. The fraction of sp³-hybridized carbons (Fsp3) is 0.516. The van der Waals surface area contributed by atoms with Crippen molar-refractivity contribution in [3.63, 3.8) is 0 Å². The van der Waals surface area contributed by atoms with E-state index in [0.717, 1.165) is 0 Å². The second kappa shape index (κ2) is 13.3. The summed E-state index contributed by atoms with van der Waals surface area (Å²) in [7, 11) is 6.09. The Hall–Kier alpha value is -3.05. The smallest absolute Gasteiger partial charge is 0.231 e. The Morgan fingerprint density at radius 2 is 1.74 bits per heavy atom. The van der Waals surface area contributed by atoms with Gasteiger partial charge in [-0.25, -0.2) is 4.39 Å². The van der Waals surface area contributed by atoms with Gasteiger partial charge in [-0.05, 0) is 47.2 Å². The summed E-state index contributed by atoms with van der Waals surface area (Å²) in [6.07, 6.45) is 1.51. The van der Waals surface area contributed by atoms with Gasteiger partial charge < -0.3 is 24.7 Å². The topological polar surface area (TPSA) is 108 Å². The van der Waals surface area contributed by atoms with E-state index in [9.17, 15) is 19.5 Å².